The van der Waals surface area contributed by atoms with Gasteiger partial charge < -0.3 is 9.14 Å². The average Bonchev–Trinajstić information content (AvgIpc) is 3.29. The van der Waals surface area contributed by atoms with Crippen molar-refractivity contribution in [3.63, 3.8) is 0 Å². The first-order chi connectivity index (χ1) is 11.8. The van der Waals surface area contributed by atoms with Gasteiger partial charge in [0.25, 0.3) is 0 Å². The number of nitrogens with zero attached hydrogens (tertiary/aromatic N) is 5. The molecule has 0 amide bonds. The van der Waals surface area contributed by atoms with E-state index in [1.54, 1.807) is 35.4 Å². The zero-order chi connectivity index (χ0) is 16.4. The van der Waals surface area contributed by atoms with Crippen molar-refractivity contribution in [2.75, 3.05) is 0 Å². The zero-order valence-electron chi connectivity index (χ0n) is 12.6. The first kappa shape index (κ1) is 14.1. The number of rotatable bonds is 4. The predicted octanol–water partition coefficient (Wildman–Crippen LogP) is 2.27. The van der Waals surface area contributed by atoms with E-state index >= 15 is 0 Å². The summed E-state index contributed by atoms with van der Waals surface area (Å²) in [6, 6.07) is 9.13. The van der Waals surface area contributed by atoms with Crippen molar-refractivity contribution in [1.82, 2.24) is 23.9 Å². The molecule has 0 fully saturated rings. The Morgan fingerprint density at radius 3 is 2.88 bits per heavy atom. The Morgan fingerprint density at radius 1 is 1.17 bits per heavy atom. The Balaban J connectivity index is 1.44. The van der Waals surface area contributed by atoms with Crippen molar-refractivity contribution < 1.29 is 9.53 Å². The number of carbonyl (C=O) groups is 1. The molecule has 7 nitrogen and oxygen atoms in total. The topological polar surface area (TPSA) is 74.3 Å². The van der Waals surface area contributed by atoms with E-state index in [-0.39, 0.29) is 6.61 Å². The SMILES string of the molecule is O=C(OCc1cn2ccccc2n1)c1ccc(-n2ccnc2)nc1. The third-order valence-electron chi connectivity index (χ3n) is 3.52. The number of hydrogen-bond donors (Lipinski definition) is 0. The summed E-state index contributed by atoms with van der Waals surface area (Å²) >= 11 is 0. The van der Waals surface area contributed by atoms with Crippen molar-refractivity contribution in [2.24, 2.45) is 0 Å². The lowest BCUT2D eigenvalue weighted by molar-refractivity contribution is 0.0468. The monoisotopic (exact) mass is 319 g/mol. The molecule has 0 bridgehead atoms. The van der Waals surface area contributed by atoms with Gasteiger partial charge in [0, 0.05) is 31.0 Å². The molecular formula is C17H13N5O2. The van der Waals surface area contributed by atoms with E-state index in [4.69, 9.17) is 4.74 Å². The molecule has 4 heterocycles. The Bertz CT molecular complexity index is 941. The van der Waals surface area contributed by atoms with Gasteiger partial charge in [-0.3, -0.25) is 4.57 Å². The lowest BCUT2D eigenvalue weighted by atomic mass is 10.3. The lowest BCUT2D eigenvalue weighted by Gasteiger charge is -2.04. The van der Waals surface area contributed by atoms with Crippen LogP contribution < -0.4 is 0 Å². The fourth-order valence-electron chi connectivity index (χ4n) is 2.33. The van der Waals surface area contributed by atoms with Crippen LogP contribution in [0.1, 0.15) is 16.1 Å². The highest BCUT2D eigenvalue weighted by atomic mass is 16.5. The largest absolute Gasteiger partial charge is 0.455 e. The second-order valence-corrected chi connectivity index (χ2v) is 5.15. The van der Waals surface area contributed by atoms with Crippen LogP contribution >= 0.6 is 0 Å². The first-order valence-corrected chi connectivity index (χ1v) is 7.34. The highest BCUT2D eigenvalue weighted by Crippen LogP contribution is 2.09. The summed E-state index contributed by atoms with van der Waals surface area (Å²) in [5, 5.41) is 0. The molecule has 0 aliphatic heterocycles. The molecule has 0 aromatic carbocycles. The number of esters is 1. The molecule has 0 radical (unpaired) electrons. The van der Waals surface area contributed by atoms with Crippen molar-refractivity contribution in [1.29, 1.82) is 0 Å². The van der Waals surface area contributed by atoms with Gasteiger partial charge in [0.05, 0.1) is 11.3 Å². The zero-order valence-corrected chi connectivity index (χ0v) is 12.6. The molecule has 4 aromatic heterocycles. The Hall–Kier alpha value is -3.48. The fourth-order valence-corrected chi connectivity index (χ4v) is 2.33. The molecule has 24 heavy (non-hydrogen) atoms. The highest BCUT2D eigenvalue weighted by Gasteiger charge is 2.10. The summed E-state index contributed by atoms with van der Waals surface area (Å²) in [4.78, 5) is 24.7. The summed E-state index contributed by atoms with van der Waals surface area (Å²) in [7, 11) is 0. The highest BCUT2D eigenvalue weighted by molar-refractivity contribution is 5.89. The van der Waals surface area contributed by atoms with Gasteiger partial charge in [-0.25, -0.2) is 19.7 Å². The van der Waals surface area contributed by atoms with Crippen LogP contribution in [0.3, 0.4) is 0 Å². The van der Waals surface area contributed by atoms with Gasteiger partial charge in [-0.15, -0.1) is 0 Å². The van der Waals surface area contributed by atoms with Gasteiger partial charge in [-0.05, 0) is 24.3 Å². The summed E-state index contributed by atoms with van der Waals surface area (Å²) < 4.78 is 8.94. The van der Waals surface area contributed by atoms with E-state index in [0.29, 0.717) is 17.1 Å². The molecule has 0 aliphatic rings. The molecular weight excluding hydrogens is 306 g/mol. The van der Waals surface area contributed by atoms with Gasteiger partial charge >= 0.3 is 5.97 Å². The minimum atomic E-state index is -0.434. The minimum absolute atomic E-state index is 0.115. The van der Waals surface area contributed by atoms with E-state index in [0.717, 1.165) is 5.65 Å². The molecule has 0 aliphatic carbocycles. The predicted molar refractivity (Wildman–Crippen MR) is 85.7 cm³/mol. The molecule has 4 aromatic rings. The third kappa shape index (κ3) is 2.74. The van der Waals surface area contributed by atoms with E-state index in [1.165, 1.54) is 6.20 Å². The number of imidazole rings is 2. The minimum Gasteiger partial charge on any atom is -0.455 e. The van der Waals surface area contributed by atoms with E-state index in [2.05, 4.69) is 15.0 Å². The first-order valence-electron chi connectivity index (χ1n) is 7.34. The number of carbonyl (C=O) groups excluding carboxylic acids is 1. The second-order valence-electron chi connectivity index (χ2n) is 5.15. The molecule has 0 N–H and O–H groups in total. The van der Waals surface area contributed by atoms with Crippen molar-refractivity contribution >= 4 is 11.6 Å². The Labute approximate surface area is 137 Å². The van der Waals surface area contributed by atoms with Crippen molar-refractivity contribution in [2.45, 2.75) is 6.61 Å². The molecule has 118 valence electrons. The van der Waals surface area contributed by atoms with Crippen LogP contribution in [0.15, 0.2) is 67.6 Å². The smallest absolute Gasteiger partial charge is 0.340 e. The van der Waals surface area contributed by atoms with Crippen LogP contribution in [0.25, 0.3) is 11.5 Å². The van der Waals surface area contributed by atoms with Crippen LogP contribution in [0, 0.1) is 0 Å². The molecule has 0 unspecified atom stereocenters. The van der Waals surface area contributed by atoms with Crippen LogP contribution in [0.2, 0.25) is 0 Å². The molecule has 0 saturated heterocycles. The Morgan fingerprint density at radius 2 is 2.12 bits per heavy atom. The summed E-state index contributed by atoms with van der Waals surface area (Å²) in [5.41, 5.74) is 1.90. The maximum atomic E-state index is 12.1. The number of fused-ring (bicyclic) bond motifs is 1. The molecule has 0 spiro atoms. The lowest BCUT2D eigenvalue weighted by Crippen LogP contribution is -2.06. The van der Waals surface area contributed by atoms with Crippen LogP contribution in [0.5, 0.6) is 0 Å². The van der Waals surface area contributed by atoms with Crippen LogP contribution in [-0.2, 0) is 11.3 Å². The van der Waals surface area contributed by atoms with Crippen LogP contribution in [0.4, 0.5) is 0 Å². The number of hydrogen-bond acceptors (Lipinski definition) is 5. The van der Waals surface area contributed by atoms with Gasteiger partial charge in [0.1, 0.15) is 24.4 Å². The number of pyridine rings is 2. The number of aromatic nitrogens is 5. The van der Waals surface area contributed by atoms with Gasteiger partial charge in [-0.1, -0.05) is 6.07 Å². The normalized spacial score (nSPS) is 10.8. The second kappa shape index (κ2) is 5.96. The standard InChI is InChI=1S/C17H13N5O2/c23-17(13-4-5-15(19-9-13)22-8-6-18-12-22)24-11-14-10-21-7-2-1-3-16(21)20-14/h1-10,12H,11H2. The van der Waals surface area contributed by atoms with E-state index in [1.807, 2.05) is 35.0 Å². The number of ether oxygens (including phenoxy) is 1. The third-order valence-corrected chi connectivity index (χ3v) is 3.52. The van der Waals surface area contributed by atoms with Gasteiger partial charge in [0.15, 0.2) is 0 Å². The van der Waals surface area contributed by atoms with Gasteiger partial charge in [0.2, 0.25) is 0 Å². The molecule has 7 heteroatoms. The maximum Gasteiger partial charge on any atom is 0.340 e. The summed E-state index contributed by atoms with van der Waals surface area (Å²) in [6.45, 7) is 0.115. The van der Waals surface area contributed by atoms with Crippen LogP contribution in [-0.4, -0.2) is 29.9 Å². The fraction of sp³-hybridized carbons (Fsp3) is 0.0588. The summed E-state index contributed by atoms with van der Waals surface area (Å²) in [5.74, 6) is 0.251. The van der Waals surface area contributed by atoms with E-state index in [9.17, 15) is 4.79 Å². The maximum absolute atomic E-state index is 12.1. The molecule has 4 rings (SSSR count). The molecule has 0 atom stereocenters. The quantitative estimate of drug-likeness (QED) is 0.539. The van der Waals surface area contributed by atoms with Gasteiger partial charge in [-0.2, -0.15) is 0 Å². The van der Waals surface area contributed by atoms with Crippen molar-refractivity contribution in [3.05, 3.63) is 78.9 Å². The Kier molecular flexibility index (Phi) is 3.51. The molecule has 0 saturated carbocycles. The van der Waals surface area contributed by atoms with E-state index < -0.39 is 5.97 Å². The van der Waals surface area contributed by atoms with Crippen molar-refractivity contribution in [3.8, 4) is 5.82 Å². The average molecular weight is 319 g/mol. The summed E-state index contributed by atoms with van der Waals surface area (Å²) in [6.07, 6.45) is 10.3.